The topological polar surface area (TPSA) is 35.6 Å². The van der Waals surface area contributed by atoms with Gasteiger partial charge in [-0.2, -0.15) is 0 Å². The van der Waals surface area contributed by atoms with Gasteiger partial charge in [0.2, 0.25) is 0 Å². The summed E-state index contributed by atoms with van der Waals surface area (Å²) in [5.74, 6) is -1.12. The number of amides is 2. The number of nitrogens with zero attached hydrogens (tertiary/aromatic N) is 2. The predicted octanol–water partition coefficient (Wildman–Crippen LogP) is 3.52. The zero-order valence-corrected chi connectivity index (χ0v) is 13.9. The average molecular weight is 337 g/mol. The van der Waals surface area contributed by atoms with Gasteiger partial charge in [0, 0.05) is 38.3 Å². The minimum atomic E-state index is -0.572. The number of hydrogen-bond donors (Lipinski definition) is 1. The molecular weight excluding hydrogens is 312 g/mol. The third kappa shape index (κ3) is 4.16. The van der Waals surface area contributed by atoms with Gasteiger partial charge in [-0.3, -0.25) is 0 Å². The van der Waals surface area contributed by atoms with E-state index in [4.69, 9.17) is 0 Å². The lowest BCUT2D eigenvalue weighted by Crippen LogP contribution is -2.53. The molecule has 2 amide bonds. The van der Waals surface area contributed by atoms with Gasteiger partial charge >= 0.3 is 6.03 Å². The maximum atomic E-state index is 13.9. The van der Waals surface area contributed by atoms with E-state index in [0.29, 0.717) is 31.9 Å². The number of hydrogen-bond acceptors (Lipinski definition) is 2. The van der Waals surface area contributed by atoms with Crippen LogP contribution < -0.4 is 10.2 Å². The summed E-state index contributed by atoms with van der Waals surface area (Å²) in [7, 11) is 0. The molecule has 3 rings (SSSR count). The van der Waals surface area contributed by atoms with Crippen molar-refractivity contribution in [1.29, 1.82) is 0 Å². The second-order valence-corrected chi connectivity index (χ2v) is 6.71. The fourth-order valence-electron chi connectivity index (χ4n) is 3.58. The number of carbonyl (C=O) groups excluding carboxylic acids is 1. The van der Waals surface area contributed by atoms with Gasteiger partial charge in [0.25, 0.3) is 0 Å². The van der Waals surface area contributed by atoms with Crippen LogP contribution in [0.15, 0.2) is 18.2 Å². The number of nitrogens with one attached hydrogen (secondary N) is 1. The van der Waals surface area contributed by atoms with E-state index in [2.05, 4.69) is 5.32 Å². The highest BCUT2D eigenvalue weighted by Gasteiger charge is 2.24. The highest BCUT2D eigenvalue weighted by atomic mass is 19.1. The van der Waals surface area contributed by atoms with E-state index in [1.807, 2.05) is 4.90 Å². The van der Waals surface area contributed by atoms with Crippen molar-refractivity contribution < 1.29 is 13.6 Å². The van der Waals surface area contributed by atoms with E-state index in [9.17, 15) is 13.6 Å². The molecule has 1 N–H and O–H groups in total. The van der Waals surface area contributed by atoms with Crippen LogP contribution in [0.4, 0.5) is 19.3 Å². The number of urea groups is 1. The van der Waals surface area contributed by atoms with Crippen molar-refractivity contribution in [3.63, 3.8) is 0 Å². The summed E-state index contributed by atoms with van der Waals surface area (Å²) in [5, 5.41) is 3.15. The van der Waals surface area contributed by atoms with Crippen molar-refractivity contribution in [2.75, 3.05) is 31.1 Å². The van der Waals surface area contributed by atoms with E-state index in [-0.39, 0.29) is 12.1 Å². The molecule has 0 aromatic heterocycles. The summed E-state index contributed by atoms with van der Waals surface area (Å²) in [6.45, 7) is 2.21. The summed E-state index contributed by atoms with van der Waals surface area (Å²) >= 11 is 0. The Morgan fingerprint density at radius 3 is 2.29 bits per heavy atom. The first-order valence-corrected chi connectivity index (χ1v) is 8.89. The molecule has 0 bridgehead atoms. The molecule has 4 nitrogen and oxygen atoms in total. The lowest BCUT2D eigenvalue weighted by molar-refractivity contribution is 0.189. The van der Waals surface area contributed by atoms with Crippen molar-refractivity contribution in [3.05, 3.63) is 29.8 Å². The molecular formula is C18H25F2N3O. The summed E-state index contributed by atoms with van der Waals surface area (Å²) < 4.78 is 26.9. The zero-order chi connectivity index (χ0) is 16.9. The Morgan fingerprint density at radius 2 is 1.67 bits per heavy atom. The van der Waals surface area contributed by atoms with E-state index < -0.39 is 11.6 Å². The monoisotopic (exact) mass is 337 g/mol. The van der Waals surface area contributed by atoms with Crippen molar-refractivity contribution >= 4 is 11.7 Å². The lowest BCUT2D eigenvalue weighted by Gasteiger charge is -2.36. The van der Waals surface area contributed by atoms with Crippen LogP contribution in [0.25, 0.3) is 0 Å². The number of rotatable bonds is 2. The maximum absolute atomic E-state index is 13.9. The van der Waals surface area contributed by atoms with Gasteiger partial charge in [-0.15, -0.1) is 0 Å². The van der Waals surface area contributed by atoms with E-state index in [1.165, 1.54) is 37.8 Å². The Hall–Kier alpha value is -1.85. The Morgan fingerprint density at radius 1 is 1.00 bits per heavy atom. The Kier molecular flexibility index (Phi) is 5.53. The SMILES string of the molecule is O=C(NC1CCCCCC1)N1CCN(c2ccc(F)cc2F)CC1. The predicted molar refractivity (Wildman–Crippen MR) is 90.2 cm³/mol. The highest BCUT2D eigenvalue weighted by Crippen LogP contribution is 2.22. The third-order valence-electron chi connectivity index (χ3n) is 5.00. The average Bonchev–Trinajstić information content (AvgIpc) is 2.84. The molecule has 2 fully saturated rings. The first-order chi connectivity index (χ1) is 11.6. The lowest BCUT2D eigenvalue weighted by atomic mass is 10.1. The molecule has 0 atom stereocenters. The molecule has 0 unspecified atom stereocenters. The minimum Gasteiger partial charge on any atom is -0.366 e. The molecule has 1 saturated carbocycles. The largest absolute Gasteiger partial charge is 0.366 e. The Balaban J connectivity index is 1.51. The van der Waals surface area contributed by atoms with Gasteiger partial charge in [0.15, 0.2) is 0 Å². The van der Waals surface area contributed by atoms with Gasteiger partial charge < -0.3 is 15.1 Å². The van der Waals surface area contributed by atoms with Gasteiger partial charge in [0.1, 0.15) is 11.6 Å². The van der Waals surface area contributed by atoms with Crippen LogP contribution in [0.5, 0.6) is 0 Å². The standard InChI is InChI=1S/C18H25F2N3O/c19-14-7-8-17(16(20)13-14)22-9-11-23(12-10-22)18(24)21-15-5-3-1-2-4-6-15/h7-8,13,15H,1-6,9-12H2,(H,21,24). The normalized spacial score (nSPS) is 19.9. The van der Waals surface area contributed by atoms with Crippen molar-refractivity contribution in [1.82, 2.24) is 10.2 Å². The molecule has 1 aromatic carbocycles. The minimum absolute atomic E-state index is 0.0128. The van der Waals surface area contributed by atoms with Crippen molar-refractivity contribution in [2.45, 2.75) is 44.6 Å². The molecule has 1 saturated heterocycles. The number of piperazine rings is 1. The molecule has 24 heavy (non-hydrogen) atoms. The smallest absolute Gasteiger partial charge is 0.317 e. The summed E-state index contributed by atoms with van der Waals surface area (Å²) in [5.41, 5.74) is 0.403. The number of anilines is 1. The second kappa shape index (κ2) is 7.81. The molecule has 1 aliphatic heterocycles. The molecule has 0 spiro atoms. The molecule has 1 aliphatic carbocycles. The fourth-order valence-corrected chi connectivity index (χ4v) is 3.58. The van der Waals surface area contributed by atoms with Gasteiger partial charge in [-0.1, -0.05) is 25.7 Å². The van der Waals surface area contributed by atoms with Crippen LogP contribution in [0.2, 0.25) is 0 Å². The van der Waals surface area contributed by atoms with Gasteiger partial charge in [-0.05, 0) is 25.0 Å². The van der Waals surface area contributed by atoms with E-state index in [1.54, 1.807) is 4.90 Å². The zero-order valence-electron chi connectivity index (χ0n) is 13.9. The third-order valence-corrected chi connectivity index (χ3v) is 5.00. The molecule has 1 aromatic rings. The van der Waals surface area contributed by atoms with E-state index in [0.717, 1.165) is 18.9 Å². The van der Waals surface area contributed by atoms with Crippen LogP contribution >= 0.6 is 0 Å². The van der Waals surface area contributed by atoms with Crippen molar-refractivity contribution in [3.8, 4) is 0 Å². The first-order valence-electron chi connectivity index (χ1n) is 8.89. The Labute approximate surface area is 141 Å². The van der Waals surface area contributed by atoms with Crippen LogP contribution in [0.1, 0.15) is 38.5 Å². The van der Waals surface area contributed by atoms with Crippen LogP contribution in [0, 0.1) is 11.6 Å². The quantitative estimate of drug-likeness (QED) is 0.838. The second-order valence-electron chi connectivity index (χ2n) is 6.71. The van der Waals surface area contributed by atoms with Crippen LogP contribution in [0.3, 0.4) is 0 Å². The fraction of sp³-hybridized carbons (Fsp3) is 0.611. The Bertz CT molecular complexity index is 565. The maximum Gasteiger partial charge on any atom is 0.317 e. The van der Waals surface area contributed by atoms with Crippen molar-refractivity contribution in [2.24, 2.45) is 0 Å². The highest BCUT2D eigenvalue weighted by molar-refractivity contribution is 5.75. The number of benzene rings is 1. The van der Waals surface area contributed by atoms with Gasteiger partial charge in [0.05, 0.1) is 5.69 Å². The van der Waals surface area contributed by atoms with Crippen LogP contribution in [-0.4, -0.2) is 43.2 Å². The van der Waals surface area contributed by atoms with Crippen LogP contribution in [-0.2, 0) is 0 Å². The molecule has 2 aliphatic rings. The summed E-state index contributed by atoms with van der Waals surface area (Å²) in [4.78, 5) is 16.1. The molecule has 6 heteroatoms. The van der Waals surface area contributed by atoms with E-state index >= 15 is 0 Å². The number of carbonyl (C=O) groups is 1. The molecule has 1 heterocycles. The molecule has 132 valence electrons. The molecule has 0 radical (unpaired) electrons. The summed E-state index contributed by atoms with van der Waals surface area (Å²) in [6.07, 6.45) is 7.01. The summed E-state index contributed by atoms with van der Waals surface area (Å²) in [6, 6.07) is 3.91. The first kappa shape index (κ1) is 17.0. The van der Waals surface area contributed by atoms with Gasteiger partial charge in [-0.25, -0.2) is 13.6 Å². The number of halogens is 2.